The molecule has 1 amide bonds. The number of nitrogens with one attached hydrogen (secondary N) is 3. The van der Waals surface area contributed by atoms with Crippen LogP contribution >= 0.6 is 0 Å². The van der Waals surface area contributed by atoms with Gasteiger partial charge in [-0.05, 0) is 63.1 Å². The summed E-state index contributed by atoms with van der Waals surface area (Å²) in [7, 11) is 0. The van der Waals surface area contributed by atoms with Crippen LogP contribution in [0, 0.1) is 5.92 Å². The summed E-state index contributed by atoms with van der Waals surface area (Å²) in [6.45, 7) is 3.45. The molecule has 27 heavy (non-hydrogen) atoms. The molecule has 144 valence electrons. The van der Waals surface area contributed by atoms with Crippen molar-refractivity contribution in [1.82, 2.24) is 15.6 Å². The van der Waals surface area contributed by atoms with E-state index in [1.54, 1.807) is 0 Å². The fourth-order valence-corrected chi connectivity index (χ4v) is 4.31. The third-order valence-corrected chi connectivity index (χ3v) is 5.79. The lowest BCUT2D eigenvalue weighted by Crippen LogP contribution is -2.41. The minimum absolute atomic E-state index is 0.142. The fraction of sp³-hybridized carbons (Fsp3) is 0.545. The Kier molecular flexibility index (Phi) is 5.87. The number of hydrogen-bond donors (Lipinski definition) is 3. The van der Waals surface area contributed by atoms with Crippen LogP contribution in [0.2, 0.25) is 0 Å². The molecule has 1 aromatic heterocycles. The fourth-order valence-electron chi connectivity index (χ4n) is 4.31. The maximum absolute atomic E-state index is 12.2. The summed E-state index contributed by atoms with van der Waals surface area (Å²) in [4.78, 5) is 17.1. The van der Waals surface area contributed by atoms with E-state index in [0.29, 0.717) is 0 Å². The number of aromatic nitrogens is 1. The van der Waals surface area contributed by atoms with Gasteiger partial charge in [-0.3, -0.25) is 9.78 Å². The Balaban J connectivity index is 1.35. The number of aryl methyl sites for hydroxylation is 1. The number of fused-ring (bicyclic) bond motifs is 2. The smallest absolute Gasteiger partial charge is 0.224 e. The SMILES string of the molecule is O=C(NCCCNc1c2c(nc3ccccc13)CCCC2)[C@H]1CCCNC1. The van der Waals surface area contributed by atoms with Gasteiger partial charge in [-0.15, -0.1) is 0 Å². The van der Waals surface area contributed by atoms with Crippen molar-refractivity contribution in [2.24, 2.45) is 5.92 Å². The lowest BCUT2D eigenvalue weighted by molar-refractivity contribution is -0.125. The molecule has 5 heteroatoms. The van der Waals surface area contributed by atoms with Crippen molar-refractivity contribution in [2.75, 3.05) is 31.5 Å². The van der Waals surface area contributed by atoms with Crippen LogP contribution in [0.4, 0.5) is 5.69 Å². The minimum Gasteiger partial charge on any atom is -0.384 e. The van der Waals surface area contributed by atoms with Gasteiger partial charge in [-0.25, -0.2) is 0 Å². The Morgan fingerprint density at radius 1 is 1.15 bits per heavy atom. The second-order valence-corrected chi connectivity index (χ2v) is 7.75. The maximum atomic E-state index is 12.2. The first-order valence-corrected chi connectivity index (χ1v) is 10.5. The molecule has 0 spiro atoms. The van der Waals surface area contributed by atoms with E-state index in [1.165, 1.54) is 35.2 Å². The number of para-hydroxylation sites is 1. The summed E-state index contributed by atoms with van der Waals surface area (Å²) in [5, 5.41) is 11.3. The van der Waals surface area contributed by atoms with Gasteiger partial charge < -0.3 is 16.0 Å². The lowest BCUT2D eigenvalue weighted by Gasteiger charge is -2.22. The number of amides is 1. The third-order valence-electron chi connectivity index (χ3n) is 5.79. The first-order chi connectivity index (χ1) is 13.3. The van der Waals surface area contributed by atoms with Gasteiger partial charge >= 0.3 is 0 Å². The molecule has 1 fully saturated rings. The second kappa shape index (κ2) is 8.70. The molecule has 0 unspecified atom stereocenters. The molecule has 1 atom stereocenters. The molecular formula is C22H30N4O. The van der Waals surface area contributed by atoms with Crippen LogP contribution in [0.25, 0.3) is 10.9 Å². The molecule has 0 bridgehead atoms. The Labute approximate surface area is 161 Å². The van der Waals surface area contributed by atoms with E-state index in [-0.39, 0.29) is 11.8 Å². The van der Waals surface area contributed by atoms with E-state index in [1.807, 2.05) is 0 Å². The summed E-state index contributed by atoms with van der Waals surface area (Å²) < 4.78 is 0. The Morgan fingerprint density at radius 3 is 2.93 bits per heavy atom. The van der Waals surface area contributed by atoms with Crippen LogP contribution < -0.4 is 16.0 Å². The largest absolute Gasteiger partial charge is 0.384 e. The molecule has 2 aliphatic rings. The van der Waals surface area contributed by atoms with E-state index < -0.39 is 0 Å². The lowest BCUT2D eigenvalue weighted by atomic mass is 9.92. The van der Waals surface area contributed by atoms with Gasteiger partial charge in [0.25, 0.3) is 0 Å². The van der Waals surface area contributed by atoms with Gasteiger partial charge in [-0.2, -0.15) is 0 Å². The average molecular weight is 367 g/mol. The van der Waals surface area contributed by atoms with Crippen LogP contribution in [0.15, 0.2) is 24.3 Å². The normalized spacial score (nSPS) is 19.5. The molecule has 1 aromatic carbocycles. The van der Waals surface area contributed by atoms with Crippen molar-refractivity contribution in [2.45, 2.75) is 44.9 Å². The standard InChI is InChI=1S/C22H30N4O/c27-22(16-7-5-12-23-15-16)25-14-6-13-24-21-17-8-1-3-10-19(17)26-20-11-4-2-9-18(20)21/h1,3,8,10,16,23H,2,4-7,9,11-15H2,(H,24,26)(H,25,27)/t16-/m0/s1. The highest BCUT2D eigenvalue weighted by Gasteiger charge is 2.20. The van der Waals surface area contributed by atoms with E-state index in [4.69, 9.17) is 4.98 Å². The van der Waals surface area contributed by atoms with E-state index in [2.05, 4.69) is 40.2 Å². The van der Waals surface area contributed by atoms with Crippen molar-refractivity contribution < 1.29 is 4.79 Å². The van der Waals surface area contributed by atoms with Crippen molar-refractivity contribution in [3.8, 4) is 0 Å². The maximum Gasteiger partial charge on any atom is 0.224 e. The number of piperidine rings is 1. The summed E-state index contributed by atoms with van der Waals surface area (Å²) in [6.07, 6.45) is 7.71. The number of carbonyl (C=O) groups excluding carboxylic acids is 1. The van der Waals surface area contributed by atoms with E-state index in [0.717, 1.165) is 63.8 Å². The number of carbonyl (C=O) groups is 1. The molecule has 1 saturated heterocycles. The number of nitrogens with zero attached hydrogens (tertiary/aromatic N) is 1. The third kappa shape index (κ3) is 4.24. The Morgan fingerprint density at radius 2 is 2.04 bits per heavy atom. The number of anilines is 1. The van der Waals surface area contributed by atoms with Crippen molar-refractivity contribution >= 4 is 22.5 Å². The molecule has 2 heterocycles. The quantitative estimate of drug-likeness (QED) is 0.688. The molecular weight excluding hydrogens is 336 g/mol. The van der Waals surface area contributed by atoms with Crippen molar-refractivity contribution in [3.05, 3.63) is 35.5 Å². The minimum atomic E-state index is 0.142. The first-order valence-electron chi connectivity index (χ1n) is 10.5. The molecule has 2 aromatic rings. The van der Waals surface area contributed by atoms with Gasteiger partial charge in [0.05, 0.1) is 11.4 Å². The average Bonchev–Trinajstić information content (AvgIpc) is 2.73. The highest BCUT2D eigenvalue weighted by Crippen LogP contribution is 2.33. The molecule has 0 radical (unpaired) electrons. The van der Waals surface area contributed by atoms with Crippen LogP contribution in [0.1, 0.15) is 43.4 Å². The highest BCUT2D eigenvalue weighted by molar-refractivity contribution is 5.93. The van der Waals surface area contributed by atoms with Crippen LogP contribution in [-0.2, 0) is 17.6 Å². The van der Waals surface area contributed by atoms with Gasteiger partial charge in [-0.1, -0.05) is 18.2 Å². The van der Waals surface area contributed by atoms with Gasteiger partial charge in [0.15, 0.2) is 0 Å². The van der Waals surface area contributed by atoms with Gasteiger partial charge in [0.2, 0.25) is 5.91 Å². The summed E-state index contributed by atoms with van der Waals surface area (Å²) >= 11 is 0. The number of pyridine rings is 1. The highest BCUT2D eigenvalue weighted by atomic mass is 16.1. The zero-order chi connectivity index (χ0) is 18.5. The van der Waals surface area contributed by atoms with Gasteiger partial charge in [0, 0.05) is 36.4 Å². The van der Waals surface area contributed by atoms with Crippen molar-refractivity contribution in [3.63, 3.8) is 0 Å². The molecule has 3 N–H and O–H groups in total. The zero-order valence-corrected chi connectivity index (χ0v) is 16.0. The molecule has 5 nitrogen and oxygen atoms in total. The summed E-state index contributed by atoms with van der Waals surface area (Å²) in [5.41, 5.74) is 5.01. The topological polar surface area (TPSA) is 66.0 Å². The molecule has 1 aliphatic carbocycles. The van der Waals surface area contributed by atoms with E-state index >= 15 is 0 Å². The Bertz CT molecular complexity index is 798. The first kappa shape index (κ1) is 18.2. The van der Waals surface area contributed by atoms with Gasteiger partial charge in [0.1, 0.15) is 0 Å². The molecule has 0 saturated carbocycles. The predicted molar refractivity (Wildman–Crippen MR) is 110 cm³/mol. The molecule has 4 rings (SSSR count). The van der Waals surface area contributed by atoms with Crippen molar-refractivity contribution in [1.29, 1.82) is 0 Å². The monoisotopic (exact) mass is 366 g/mol. The second-order valence-electron chi connectivity index (χ2n) is 7.75. The van der Waals surface area contributed by atoms with Crippen LogP contribution in [-0.4, -0.2) is 37.1 Å². The molecule has 1 aliphatic heterocycles. The summed E-state index contributed by atoms with van der Waals surface area (Å²) in [6, 6.07) is 8.41. The number of hydrogen-bond acceptors (Lipinski definition) is 4. The number of benzene rings is 1. The predicted octanol–water partition coefficient (Wildman–Crippen LogP) is 3.03. The zero-order valence-electron chi connectivity index (χ0n) is 16.0. The Hall–Kier alpha value is -2.14. The van der Waals surface area contributed by atoms with E-state index in [9.17, 15) is 4.79 Å². The number of rotatable bonds is 6. The van der Waals surface area contributed by atoms with Crippen LogP contribution in [0.5, 0.6) is 0 Å². The summed E-state index contributed by atoms with van der Waals surface area (Å²) in [5.74, 6) is 0.344. The van der Waals surface area contributed by atoms with Crippen LogP contribution in [0.3, 0.4) is 0 Å².